The highest BCUT2D eigenvalue weighted by molar-refractivity contribution is 7.99. The van der Waals surface area contributed by atoms with Crippen LogP contribution in [0.1, 0.15) is 68.1 Å². The van der Waals surface area contributed by atoms with Gasteiger partial charge in [0.05, 0.1) is 0 Å². The van der Waals surface area contributed by atoms with Crippen LogP contribution in [0.4, 0.5) is 0 Å². The predicted octanol–water partition coefficient (Wildman–Crippen LogP) is 4.60. The molecular formula is C16H25NS. The summed E-state index contributed by atoms with van der Waals surface area (Å²) in [7, 11) is 0. The van der Waals surface area contributed by atoms with Crippen molar-refractivity contribution in [2.75, 3.05) is 6.26 Å². The normalized spacial score (nSPS) is 15.3. The van der Waals surface area contributed by atoms with Gasteiger partial charge in [-0.1, -0.05) is 13.8 Å². The molecule has 0 atom stereocenters. The Morgan fingerprint density at radius 1 is 1.22 bits per heavy atom. The average molecular weight is 263 g/mol. The van der Waals surface area contributed by atoms with Gasteiger partial charge in [-0.05, 0) is 68.9 Å². The third kappa shape index (κ3) is 2.20. The topological polar surface area (TPSA) is 12.9 Å². The fraction of sp³-hybridized carbons (Fsp3) is 0.688. The fourth-order valence-corrected chi connectivity index (χ4v) is 3.66. The SMILES string of the molecule is CSC(C)(C)c1c2c(nc(C)c1C(C)C)CCC2. The van der Waals surface area contributed by atoms with Crippen molar-refractivity contribution in [3.63, 3.8) is 0 Å². The Bertz CT molecular complexity index is 461. The first-order chi connectivity index (χ1) is 8.38. The van der Waals surface area contributed by atoms with Crippen molar-refractivity contribution in [2.24, 2.45) is 0 Å². The molecule has 0 unspecified atom stereocenters. The van der Waals surface area contributed by atoms with Gasteiger partial charge in [-0.2, -0.15) is 11.8 Å². The van der Waals surface area contributed by atoms with Crippen molar-refractivity contribution >= 4 is 11.8 Å². The van der Waals surface area contributed by atoms with Gasteiger partial charge in [0.1, 0.15) is 0 Å². The Balaban J connectivity index is 2.74. The third-order valence-electron chi connectivity index (χ3n) is 4.14. The van der Waals surface area contributed by atoms with Crippen molar-refractivity contribution < 1.29 is 0 Å². The van der Waals surface area contributed by atoms with E-state index in [1.165, 1.54) is 36.2 Å². The van der Waals surface area contributed by atoms with Crippen molar-refractivity contribution in [3.8, 4) is 0 Å². The molecule has 0 saturated heterocycles. The van der Waals surface area contributed by atoms with Crippen molar-refractivity contribution in [3.05, 3.63) is 28.1 Å². The summed E-state index contributed by atoms with van der Waals surface area (Å²) in [5.74, 6) is 0.560. The molecule has 0 N–H and O–H groups in total. The van der Waals surface area contributed by atoms with E-state index >= 15 is 0 Å². The zero-order chi connectivity index (χ0) is 13.5. The molecule has 0 spiro atoms. The smallest absolute Gasteiger partial charge is 0.0442 e. The number of hydrogen-bond donors (Lipinski definition) is 0. The van der Waals surface area contributed by atoms with Crippen LogP contribution in [0, 0.1) is 6.92 Å². The van der Waals surface area contributed by atoms with E-state index in [2.05, 4.69) is 40.9 Å². The van der Waals surface area contributed by atoms with E-state index in [0.717, 1.165) is 0 Å². The molecule has 100 valence electrons. The lowest BCUT2D eigenvalue weighted by molar-refractivity contribution is 0.716. The number of rotatable bonds is 3. The molecule has 18 heavy (non-hydrogen) atoms. The maximum Gasteiger partial charge on any atom is 0.0442 e. The first-order valence-electron chi connectivity index (χ1n) is 6.96. The summed E-state index contributed by atoms with van der Waals surface area (Å²) in [4.78, 5) is 4.87. The summed E-state index contributed by atoms with van der Waals surface area (Å²) in [5, 5.41) is 0. The second-order valence-corrected chi connectivity index (χ2v) is 7.56. The van der Waals surface area contributed by atoms with Crippen LogP contribution in [-0.4, -0.2) is 11.2 Å². The molecule has 0 radical (unpaired) electrons. The Morgan fingerprint density at radius 2 is 1.89 bits per heavy atom. The van der Waals surface area contributed by atoms with Crippen LogP contribution >= 0.6 is 11.8 Å². The van der Waals surface area contributed by atoms with Crippen molar-refractivity contribution in [1.82, 2.24) is 4.98 Å². The molecule has 2 rings (SSSR count). The number of aromatic nitrogens is 1. The second kappa shape index (κ2) is 4.88. The number of pyridine rings is 1. The standard InChI is InChI=1S/C16H25NS/c1-10(2)14-11(3)17-13-9-7-8-12(13)15(14)16(4,5)18-6/h10H,7-9H2,1-6H3. The van der Waals surface area contributed by atoms with Gasteiger partial charge in [-0.3, -0.25) is 4.98 Å². The fourth-order valence-electron chi connectivity index (χ4n) is 3.22. The minimum absolute atomic E-state index is 0.196. The first kappa shape index (κ1) is 13.9. The molecule has 1 aliphatic carbocycles. The zero-order valence-electron chi connectivity index (χ0n) is 12.6. The summed E-state index contributed by atoms with van der Waals surface area (Å²) in [6.45, 7) is 11.5. The molecule has 0 fully saturated rings. The van der Waals surface area contributed by atoms with Gasteiger partial charge in [-0.15, -0.1) is 0 Å². The van der Waals surface area contributed by atoms with Gasteiger partial charge in [0, 0.05) is 16.1 Å². The number of fused-ring (bicyclic) bond motifs is 1. The van der Waals surface area contributed by atoms with Crippen LogP contribution in [-0.2, 0) is 17.6 Å². The Kier molecular flexibility index (Phi) is 3.77. The molecule has 0 aromatic carbocycles. The summed E-state index contributed by atoms with van der Waals surface area (Å²) in [5.41, 5.74) is 7.26. The predicted molar refractivity (Wildman–Crippen MR) is 81.6 cm³/mol. The molecule has 1 nitrogen and oxygen atoms in total. The first-order valence-corrected chi connectivity index (χ1v) is 8.18. The minimum Gasteiger partial charge on any atom is -0.258 e. The monoisotopic (exact) mass is 263 g/mol. The molecular weight excluding hydrogens is 238 g/mol. The second-order valence-electron chi connectivity index (χ2n) is 6.13. The van der Waals surface area contributed by atoms with Crippen LogP contribution in [0.15, 0.2) is 0 Å². The molecule has 2 heteroatoms. The van der Waals surface area contributed by atoms with Crippen LogP contribution < -0.4 is 0 Å². The zero-order valence-corrected chi connectivity index (χ0v) is 13.4. The van der Waals surface area contributed by atoms with Gasteiger partial charge >= 0.3 is 0 Å². The molecule has 1 aromatic rings. The highest BCUT2D eigenvalue weighted by Crippen LogP contribution is 2.43. The summed E-state index contributed by atoms with van der Waals surface area (Å²) < 4.78 is 0.196. The molecule has 0 amide bonds. The van der Waals surface area contributed by atoms with E-state index in [0.29, 0.717) is 5.92 Å². The Morgan fingerprint density at radius 3 is 2.44 bits per heavy atom. The van der Waals surface area contributed by atoms with E-state index in [9.17, 15) is 0 Å². The van der Waals surface area contributed by atoms with Crippen LogP contribution in [0.5, 0.6) is 0 Å². The molecule has 1 aliphatic rings. The highest BCUT2D eigenvalue weighted by atomic mass is 32.2. The number of nitrogens with zero attached hydrogens (tertiary/aromatic N) is 1. The van der Waals surface area contributed by atoms with Crippen LogP contribution in [0.25, 0.3) is 0 Å². The van der Waals surface area contributed by atoms with Gasteiger partial charge in [-0.25, -0.2) is 0 Å². The lowest BCUT2D eigenvalue weighted by Crippen LogP contribution is -2.20. The third-order valence-corrected chi connectivity index (χ3v) is 5.37. The number of thioether (sulfide) groups is 1. The lowest BCUT2D eigenvalue weighted by Gasteiger charge is -2.31. The average Bonchev–Trinajstić information content (AvgIpc) is 2.73. The largest absolute Gasteiger partial charge is 0.258 e. The molecule has 1 aromatic heterocycles. The van der Waals surface area contributed by atoms with Gasteiger partial charge in [0.2, 0.25) is 0 Å². The molecule has 0 saturated carbocycles. The summed E-state index contributed by atoms with van der Waals surface area (Å²) >= 11 is 1.96. The van der Waals surface area contributed by atoms with Crippen LogP contribution in [0.2, 0.25) is 0 Å². The highest BCUT2D eigenvalue weighted by Gasteiger charge is 2.31. The minimum atomic E-state index is 0.196. The van der Waals surface area contributed by atoms with E-state index in [-0.39, 0.29) is 4.75 Å². The molecule has 0 aliphatic heterocycles. The van der Waals surface area contributed by atoms with Gasteiger partial charge in [0.15, 0.2) is 0 Å². The molecule has 0 bridgehead atoms. The number of hydrogen-bond acceptors (Lipinski definition) is 2. The van der Waals surface area contributed by atoms with E-state index in [4.69, 9.17) is 4.98 Å². The Hall–Kier alpha value is -0.500. The quantitative estimate of drug-likeness (QED) is 0.790. The van der Waals surface area contributed by atoms with Crippen molar-refractivity contribution in [1.29, 1.82) is 0 Å². The van der Waals surface area contributed by atoms with E-state index in [1.807, 2.05) is 11.8 Å². The van der Waals surface area contributed by atoms with Crippen LogP contribution in [0.3, 0.4) is 0 Å². The maximum absolute atomic E-state index is 4.87. The van der Waals surface area contributed by atoms with Gasteiger partial charge in [0.25, 0.3) is 0 Å². The summed E-state index contributed by atoms with van der Waals surface area (Å²) in [6, 6.07) is 0. The lowest BCUT2D eigenvalue weighted by atomic mass is 9.85. The summed E-state index contributed by atoms with van der Waals surface area (Å²) in [6.07, 6.45) is 5.90. The van der Waals surface area contributed by atoms with E-state index in [1.54, 1.807) is 11.1 Å². The van der Waals surface area contributed by atoms with Gasteiger partial charge < -0.3 is 0 Å². The van der Waals surface area contributed by atoms with E-state index < -0.39 is 0 Å². The molecule has 1 heterocycles. The maximum atomic E-state index is 4.87. The number of aryl methyl sites for hydroxylation is 2. The Labute approximate surface area is 116 Å². The van der Waals surface area contributed by atoms with Crippen molar-refractivity contribution in [2.45, 2.75) is 64.5 Å².